The van der Waals surface area contributed by atoms with Gasteiger partial charge in [-0.3, -0.25) is 0 Å². The van der Waals surface area contributed by atoms with Crippen molar-refractivity contribution in [3.8, 4) is 34.8 Å². The highest BCUT2D eigenvalue weighted by molar-refractivity contribution is 6.37. The molecule has 1 atom stereocenters. The van der Waals surface area contributed by atoms with Crippen LogP contribution in [0.15, 0.2) is 60.0 Å². The number of nitrogens with zero attached hydrogens (tertiary/aromatic N) is 1. The average molecular weight is 597 g/mol. The number of hydrogen-bond donors (Lipinski definition) is 1. The molecule has 4 rings (SSSR count). The molecule has 0 saturated heterocycles. The van der Waals surface area contributed by atoms with E-state index in [1.54, 1.807) is 18.2 Å². The van der Waals surface area contributed by atoms with Gasteiger partial charge in [0.05, 0.1) is 41.3 Å². The molecule has 0 saturated carbocycles. The fourth-order valence-corrected chi connectivity index (χ4v) is 4.93. The predicted octanol–water partition coefficient (Wildman–Crippen LogP) is 7.41. The van der Waals surface area contributed by atoms with E-state index >= 15 is 0 Å². The smallest absolute Gasteiger partial charge is 0.343 e. The molecule has 41 heavy (non-hydrogen) atoms. The molecule has 0 radical (unpaired) electrons. The van der Waals surface area contributed by atoms with Crippen molar-refractivity contribution in [1.29, 1.82) is 5.26 Å². The maximum Gasteiger partial charge on any atom is 0.343 e. The summed E-state index contributed by atoms with van der Waals surface area (Å²) in [6.45, 7) is 7.30. The molecule has 2 N–H and O–H groups in total. The van der Waals surface area contributed by atoms with E-state index in [-0.39, 0.29) is 32.8 Å². The van der Waals surface area contributed by atoms with Crippen molar-refractivity contribution in [2.75, 3.05) is 19.8 Å². The van der Waals surface area contributed by atoms with Gasteiger partial charge >= 0.3 is 5.97 Å². The van der Waals surface area contributed by atoms with Crippen molar-refractivity contribution in [2.24, 2.45) is 5.73 Å². The molecular weight excluding hydrogens is 567 g/mol. The first-order valence-electron chi connectivity index (χ1n) is 13.3. The van der Waals surface area contributed by atoms with Gasteiger partial charge in [-0.25, -0.2) is 4.79 Å². The second-order valence-corrected chi connectivity index (χ2v) is 9.93. The number of hydrogen-bond acceptors (Lipinski definition) is 8. The number of rotatable bonds is 11. The molecule has 8 nitrogen and oxygen atoms in total. The average Bonchev–Trinajstić information content (AvgIpc) is 2.95. The minimum atomic E-state index is -0.673. The Balaban J connectivity index is 1.65. The highest BCUT2D eigenvalue weighted by Crippen LogP contribution is 2.45. The number of fused-ring (bicyclic) bond motifs is 1. The molecule has 1 unspecified atom stereocenters. The van der Waals surface area contributed by atoms with E-state index in [0.29, 0.717) is 48.4 Å². The van der Waals surface area contributed by atoms with Crippen molar-refractivity contribution in [2.45, 2.75) is 39.5 Å². The molecule has 3 aromatic rings. The number of allylic oxidation sites excluding steroid dienone is 1. The highest BCUT2D eigenvalue weighted by atomic mass is 35.5. The summed E-state index contributed by atoms with van der Waals surface area (Å²) in [6.07, 6.45) is 1.63. The zero-order valence-electron chi connectivity index (χ0n) is 23.0. The van der Waals surface area contributed by atoms with Crippen LogP contribution in [0.2, 0.25) is 10.0 Å². The Morgan fingerprint density at radius 1 is 0.951 bits per heavy atom. The molecule has 0 fully saturated rings. The molecule has 1 heterocycles. The largest absolute Gasteiger partial charge is 0.490 e. The number of nitrogens with two attached hydrogens (primary N) is 1. The zero-order valence-corrected chi connectivity index (χ0v) is 24.5. The third kappa shape index (κ3) is 6.64. The maximum absolute atomic E-state index is 12.9. The fraction of sp³-hybridized carbons (Fsp3) is 0.290. The Morgan fingerprint density at radius 2 is 1.66 bits per heavy atom. The number of benzene rings is 3. The summed E-state index contributed by atoms with van der Waals surface area (Å²) in [5, 5.41) is 10.4. The molecule has 214 valence electrons. The van der Waals surface area contributed by atoms with Crippen molar-refractivity contribution in [3.63, 3.8) is 0 Å². The van der Waals surface area contributed by atoms with Gasteiger partial charge in [0.2, 0.25) is 5.88 Å². The first-order chi connectivity index (χ1) is 19.8. The summed E-state index contributed by atoms with van der Waals surface area (Å²) in [7, 11) is 0. The minimum Gasteiger partial charge on any atom is -0.490 e. The summed E-state index contributed by atoms with van der Waals surface area (Å²) in [5.41, 5.74) is 8.02. The van der Waals surface area contributed by atoms with Crippen LogP contribution in [-0.4, -0.2) is 25.8 Å². The summed E-state index contributed by atoms with van der Waals surface area (Å²) in [4.78, 5) is 12.9. The highest BCUT2D eigenvalue weighted by Gasteiger charge is 2.32. The lowest BCUT2D eigenvalue weighted by Crippen LogP contribution is -2.21. The van der Waals surface area contributed by atoms with Crippen LogP contribution in [-0.2, 0) is 0 Å². The van der Waals surface area contributed by atoms with Crippen molar-refractivity contribution in [3.05, 3.63) is 86.7 Å². The molecule has 10 heteroatoms. The quantitative estimate of drug-likeness (QED) is 0.180. The van der Waals surface area contributed by atoms with E-state index in [2.05, 4.69) is 6.07 Å². The topological polar surface area (TPSA) is 113 Å². The number of nitriles is 1. The van der Waals surface area contributed by atoms with Gasteiger partial charge in [-0.2, -0.15) is 5.26 Å². The van der Waals surface area contributed by atoms with Crippen LogP contribution in [0.25, 0.3) is 0 Å². The normalized spacial score (nSPS) is 14.0. The lowest BCUT2D eigenvalue weighted by Gasteiger charge is -2.27. The molecule has 0 aliphatic carbocycles. The molecule has 3 aromatic carbocycles. The van der Waals surface area contributed by atoms with Gasteiger partial charge < -0.3 is 29.4 Å². The van der Waals surface area contributed by atoms with Gasteiger partial charge in [0.1, 0.15) is 23.1 Å². The van der Waals surface area contributed by atoms with E-state index in [4.69, 9.17) is 52.6 Å². The number of carbonyl (C=O) groups excluding carboxylic acids is 1. The van der Waals surface area contributed by atoms with E-state index < -0.39 is 11.9 Å². The second kappa shape index (κ2) is 13.5. The van der Waals surface area contributed by atoms with Crippen LogP contribution in [0.3, 0.4) is 0 Å². The molecule has 0 spiro atoms. The van der Waals surface area contributed by atoms with E-state index in [1.165, 1.54) is 12.1 Å². The lowest BCUT2D eigenvalue weighted by atomic mass is 9.83. The maximum atomic E-state index is 12.9. The zero-order chi connectivity index (χ0) is 29.5. The standard InChI is InChI=1S/C31H30Cl2N2O6/c1-4-11-38-25-10-7-18(15-27(25)37-6-3)28-21-9-8-20(16-26(21)41-30(35)22(28)17-34)40-31(36)19-13-23(32)29(24(33)14-19)39-12-5-2/h7-10,13-16,28H,4-6,11-12,35H2,1-3H3. The van der Waals surface area contributed by atoms with Crippen molar-refractivity contribution >= 4 is 29.2 Å². The van der Waals surface area contributed by atoms with E-state index in [9.17, 15) is 10.1 Å². The van der Waals surface area contributed by atoms with Gasteiger partial charge in [0.15, 0.2) is 17.2 Å². The van der Waals surface area contributed by atoms with Crippen LogP contribution >= 0.6 is 23.2 Å². The first kappa shape index (κ1) is 29.9. The van der Waals surface area contributed by atoms with Gasteiger partial charge in [-0.1, -0.05) is 49.2 Å². The monoisotopic (exact) mass is 596 g/mol. The number of ether oxygens (including phenoxy) is 5. The van der Waals surface area contributed by atoms with Gasteiger partial charge in [0.25, 0.3) is 0 Å². The van der Waals surface area contributed by atoms with Gasteiger partial charge in [-0.15, -0.1) is 0 Å². The van der Waals surface area contributed by atoms with Crippen molar-refractivity contribution in [1.82, 2.24) is 0 Å². The number of esters is 1. The first-order valence-corrected chi connectivity index (χ1v) is 14.0. The Bertz CT molecular complexity index is 1490. The van der Waals surface area contributed by atoms with Crippen LogP contribution in [0.1, 0.15) is 61.0 Å². The van der Waals surface area contributed by atoms with Gasteiger partial charge in [-0.05, 0) is 55.7 Å². The van der Waals surface area contributed by atoms with Gasteiger partial charge in [0, 0.05) is 11.6 Å². The fourth-order valence-electron chi connectivity index (χ4n) is 4.33. The van der Waals surface area contributed by atoms with Crippen LogP contribution in [0.4, 0.5) is 0 Å². The predicted molar refractivity (Wildman–Crippen MR) is 156 cm³/mol. The second-order valence-electron chi connectivity index (χ2n) is 9.12. The molecular formula is C31H30Cl2N2O6. The summed E-state index contributed by atoms with van der Waals surface area (Å²) in [5.74, 6) is 0.795. The van der Waals surface area contributed by atoms with E-state index in [0.717, 1.165) is 18.4 Å². The van der Waals surface area contributed by atoms with Crippen LogP contribution in [0, 0.1) is 11.3 Å². The molecule has 0 aromatic heterocycles. The van der Waals surface area contributed by atoms with Crippen LogP contribution in [0.5, 0.6) is 28.7 Å². The Kier molecular flexibility index (Phi) is 9.87. The molecule has 0 bridgehead atoms. The lowest BCUT2D eigenvalue weighted by molar-refractivity contribution is 0.0734. The summed E-state index contributed by atoms with van der Waals surface area (Å²) in [6, 6.07) is 15.5. The molecule has 1 aliphatic rings. The Hall–Kier alpha value is -4.06. The number of halogens is 2. The number of carbonyl (C=O) groups is 1. The molecule has 1 aliphatic heterocycles. The van der Waals surface area contributed by atoms with E-state index in [1.807, 2.05) is 39.0 Å². The Labute approximate surface area is 249 Å². The third-order valence-electron chi connectivity index (χ3n) is 6.15. The minimum absolute atomic E-state index is 0.0426. The SMILES string of the molecule is CCCOc1ccc(C2C(C#N)=C(N)Oc3cc(OC(=O)c4cc(Cl)c(OCCC)c(Cl)c4)ccc32)cc1OCC. The summed E-state index contributed by atoms with van der Waals surface area (Å²) < 4.78 is 28.6. The molecule has 0 amide bonds. The Morgan fingerprint density at radius 3 is 2.32 bits per heavy atom. The third-order valence-corrected chi connectivity index (χ3v) is 6.71. The summed E-state index contributed by atoms with van der Waals surface area (Å²) >= 11 is 12.6. The van der Waals surface area contributed by atoms with Crippen molar-refractivity contribution < 1.29 is 28.5 Å². The van der Waals surface area contributed by atoms with Crippen LogP contribution < -0.4 is 29.4 Å².